The number of hydrogen-bond donors (Lipinski definition) is 1. The molecule has 0 spiro atoms. The van der Waals surface area contributed by atoms with Crippen LogP contribution in [0.15, 0.2) is 66.6 Å². The van der Waals surface area contributed by atoms with Gasteiger partial charge in [-0.1, -0.05) is 40.2 Å². The minimum atomic E-state index is -0.417. The van der Waals surface area contributed by atoms with E-state index in [0.717, 1.165) is 15.4 Å². The zero-order valence-corrected chi connectivity index (χ0v) is 15.6. The van der Waals surface area contributed by atoms with E-state index in [9.17, 15) is 4.79 Å². The summed E-state index contributed by atoms with van der Waals surface area (Å²) in [6, 6.07) is 15.1. The molecule has 0 aliphatic heterocycles. The molecule has 2 aromatic heterocycles. The second-order valence-corrected chi connectivity index (χ2v) is 6.74. The Bertz CT molecular complexity index is 1130. The van der Waals surface area contributed by atoms with E-state index in [4.69, 9.17) is 13.6 Å². The monoisotopic (exact) mass is 413 g/mol. The maximum atomic E-state index is 12.7. The quantitative estimate of drug-likeness (QED) is 0.367. The average molecular weight is 414 g/mol. The molecule has 0 saturated carbocycles. The Kier molecular flexibility index (Phi) is 4.53. The number of anilines is 1. The highest BCUT2D eigenvalue weighted by Gasteiger charge is 2.22. The highest BCUT2D eigenvalue weighted by atomic mass is 79.9. The Balaban J connectivity index is 2.02. The molecular weight excluding hydrogens is 398 g/mol. The third-order valence-corrected chi connectivity index (χ3v) is 4.70. The molecule has 0 fully saturated rings. The van der Waals surface area contributed by atoms with Crippen LogP contribution in [0.25, 0.3) is 33.1 Å². The summed E-state index contributed by atoms with van der Waals surface area (Å²) in [7, 11) is 1.64. The van der Waals surface area contributed by atoms with Gasteiger partial charge in [-0.3, -0.25) is 0 Å². The molecule has 0 saturated heterocycles. The third kappa shape index (κ3) is 2.91. The van der Waals surface area contributed by atoms with Gasteiger partial charge in [-0.25, -0.2) is 4.79 Å². The molecule has 26 heavy (non-hydrogen) atoms. The maximum absolute atomic E-state index is 12.7. The number of nitrogens with one attached hydrogen (secondary N) is 1. The molecule has 4 rings (SSSR count). The minimum absolute atomic E-state index is 0.417. The molecule has 1 N–H and O–H groups in total. The van der Waals surface area contributed by atoms with Gasteiger partial charge >= 0.3 is 5.63 Å². The van der Waals surface area contributed by atoms with Gasteiger partial charge in [0, 0.05) is 18.1 Å². The predicted octanol–water partition coefficient (Wildman–Crippen LogP) is 5.03. The Morgan fingerprint density at radius 2 is 1.85 bits per heavy atom. The van der Waals surface area contributed by atoms with Gasteiger partial charge in [0.15, 0.2) is 5.58 Å². The van der Waals surface area contributed by atoms with Crippen LogP contribution < -0.4 is 10.9 Å². The van der Waals surface area contributed by atoms with Gasteiger partial charge in [-0.2, -0.15) is 0 Å². The highest BCUT2D eigenvalue weighted by Crippen LogP contribution is 2.39. The maximum Gasteiger partial charge on any atom is 0.348 e. The fourth-order valence-corrected chi connectivity index (χ4v) is 3.26. The fraction of sp³-hybridized carbons (Fsp3) is 0.150. The van der Waals surface area contributed by atoms with Gasteiger partial charge in [0.2, 0.25) is 5.88 Å². The lowest BCUT2D eigenvalue weighted by Gasteiger charge is -2.06. The van der Waals surface area contributed by atoms with Crippen molar-refractivity contribution < 1.29 is 13.6 Å². The number of furan rings is 1. The van der Waals surface area contributed by atoms with Crippen molar-refractivity contribution in [3.8, 4) is 11.1 Å². The topological polar surface area (TPSA) is 64.6 Å². The van der Waals surface area contributed by atoms with Crippen molar-refractivity contribution in [2.75, 3.05) is 25.6 Å². The number of methoxy groups -OCH3 is 1. The van der Waals surface area contributed by atoms with Gasteiger partial charge in [-0.15, -0.1) is 0 Å². The van der Waals surface area contributed by atoms with E-state index in [1.54, 1.807) is 13.2 Å². The fourth-order valence-electron chi connectivity index (χ4n) is 2.99. The molecule has 0 unspecified atom stereocenters. The second kappa shape index (κ2) is 6.97. The summed E-state index contributed by atoms with van der Waals surface area (Å²) in [5, 5.41) is 4.42. The Morgan fingerprint density at radius 1 is 1.08 bits per heavy atom. The van der Waals surface area contributed by atoms with Gasteiger partial charge in [0.25, 0.3) is 0 Å². The van der Waals surface area contributed by atoms with Crippen LogP contribution in [0.4, 0.5) is 5.88 Å². The van der Waals surface area contributed by atoms with E-state index in [-0.39, 0.29) is 0 Å². The van der Waals surface area contributed by atoms with Crippen molar-refractivity contribution in [1.29, 1.82) is 0 Å². The first-order valence-corrected chi connectivity index (χ1v) is 8.95. The van der Waals surface area contributed by atoms with Crippen LogP contribution >= 0.6 is 15.9 Å². The van der Waals surface area contributed by atoms with Crippen LogP contribution in [0, 0.1) is 0 Å². The number of para-hydroxylation sites is 1. The molecule has 0 aliphatic carbocycles. The summed E-state index contributed by atoms with van der Waals surface area (Å²) >= 11 is 3.44. The summed E-state index contributed by atoms with van der Waals surface area (Å²) in [5.74, 6) is 0.531. The van der Waals surface area contributed by atoms with Crippen LogP contribution in [0.2, 0.25) is 0 Å². The molecule has 5 nitrogen and oxygen atoms in total. The molecule has 2 aromatic carbocycles. The SMILES string of the molecule is COCCNc1oc2c(c1-c1ccc(Br)cc1)c(=O)oc1ccccc12. The van der Waals surface area contributed by atoms with E-state index in [0.29, 0.717) is 41.2 Å². The van der Waals surface area contributed by atoms with Crippen molar-refractivity contribution in [2.45, 2.75) is 0 Å². The van der Waals surface area contributed by atoms with Crippen molar-refractivity contribution in [3.63, 3.8) is 0 Å². The van der Waals surface area contributed by atoms with Crippen molar-refractivity contribution in [3.05, 3.63) is 63.4 Å². The summed E-state index contributed by atoms with van der Waals surface area (Å²) in [6.45, 7) is 1.08. The number of ether oxygens (including phenoxy) is 1. The third-order valence-electron chi connectivity index (χ3n) is 4.17. The second-order valence-electron chi connectivity index (χ2n) is 5.82. The van der Waals surface area contributed by atoms with Crippen LogP contribution in [-0.4, -0.2) is 20.3 Å². The molecule has 0 radical (unpaired) electrons. The first-order chi connectivity index (χ1) is 12.7. The van der Waals surface area contributed by atoms with Gasteiger partial charge in [-0.05, 0) is 29.8 Å². The first-order valence-electron chi connectivity index (χ1n) is 8.16. The summed E-state index contributed by atoms with van der Waals surface area (Å²) in [5.41, 5.74) is 2.18. The van der Waals surface area contributed by atoms with Crippen LogP contribution in [-0.2, 0) is 4.74 Å². The zero-order chi connectivity index (χ0) is 18.1. The largest absolute Gasteiger partial charge is 0.439 e. The van der Waals surface area contributed by atoms with Crippen LogP contribution in [0.3, 0.4) is 0 Å². The lowest BCUT2D eigenvalue weighted by atomic mass is 10.0. The van der Waals surface area contributed by atoms with Gasteiger partial charge < -0.3 is 18.9 Å². The van der Waals surface area contributed by atoms with E-state index >= 15 is 0 Å². The summed E-state index contributed by atoms with van der Waals surface area (Å²) in [6.07, 6.45) is 0. The zero-order valence-electron chi connectivity index (χ0n) is 14.0. The van der Waals surface area contributed by atoms with Crippen LogP contribution in [0.1, 0.15) is 0 Å². The van der Waals surface area contributed by atoms with Gasteiger partial charge in [0.05, 0.1) is 17.6 Å². The molecule has 0 aliphatic rings. The highest BCUT2D eigenvalue weighted by molar-refractivity contribution is 9.10. The molecule has 4 aromatic rings. The Morgan fingerprint density at radius 3 is 2.62 bits per heavy atom. The molecule has 6 heteroatoms. The smallest absolute Gasteiger partial charge is 0.348 e. The molecular formula is C20H16BrNO4. The number of rotatable bonds is 5. The number of fused-ring (bicyclic) bond motifs is 3. The number of hydrogen-bond acceptors (Lipinski definition) is 5. The van der Waals surface area contributed by atoms with E-state index in [1.807, 2.05) is 42.5 Å². The summed E-state index contributed by atoms with van der Waals surface area (Å²) in [4.78, 5) is 12.7. The number of benzene rings is 2. The van der Waals surface area contributed by atoms with E-state index in [1.165, 1.54) is 0 Å². The van der Waals surface area contributed by atoms with Crippen molar-refractivity contribution in [2.24, 2.45) is 0 Å². The van der Waals surface area contributed by atoms with Crippen molar-refractivity contribution >= 4 is 43.8 Å². The van der Waals surface area contributed by atoms with Gasteiger partial charge in [0.1, 0.15) is 11.0 Å². The lowest BCUT2D eigenvalue weighted by Crippen LogP contribution is -2.07. The Hall–Kier alpha value is -2.57. The van der Waals surface area contributed by atoms with Crippen molar-refractivity contribution in [1.82, 2.24) is 0 Å². The average Bonchev–Trinajstić information content (AvgIpc) is 3.03. The summed E-state index contributed by atoms with van der Waals surface area (Å²) < 4.78 is 17.7. The predicted molar refractivity (Wildman–Crippen MR) is 106 cm³/mol. The van der Waals surface area contributed by atoms with Crippen LogP contribution in [0.5, 0.6) is 0 Å². The van der Waals surface area contributed by atoms with E-state index < -0.39 is 5.63 Å². The standard InChI is InChI=1S/C20H16BrNO4/c1-24-11-10-22-19-16(12-6-8-13(21)9-7-12)17-18(26-19)14-4-2-3-5-15(14)25-20(17)23/h2-9,22H,10-11H2,1H3. The Labute approximate surface area is 157 Å². The molecule has 0 bridgehead atoms. The normalized spacial score (nSPS) is 11.3. The van der Waals surface area contributed by atoms with E-state index in [2.05, 4.69) is 21.2 Å². The first kappa shape index (κ1) is 16.9. The molecule has 0 atom stereocenters. The molecule has 0 amide bonds. The molecule has 132 valence electrons. The molecule has 2 heterocycles. The minimum Gasteiger partial charge on any atom is -0.439 e. The number of halogens is 1. The lowest BCUT2D eigenvalue weighted by molar-refractivity contribution is 0.210.